The van der Waals surface area contributed by atoms with Gasteiger partial charge in [0.1, 0.15) is 11.1 Å². The maximum absolute atomic E-state index is 6.37. The molecule has 0 radical (unpaired) electrons. The van der Waals surface area contributed by atoms with Gasteiger partial charge in [-0.05, 0) is 30.3 Å². The van der Waals surface area contributed by atoms with Crippen LogP contribution in [0.3, 0.4) is 0 Å². The minimum Gasteiger partial charge on any atom is -0.462 e. The summed E-state index contributed by atoms with van der Waals surface area (Å²) in [6, 6.07) is 21.2. The first kappa shape index (κ1) is 14.1. The molecule has 0 bridgehead atoms. The molecule has 0 amide bonds. The van der Waals surface area contributed by atoms with Gasteiger partial charge in [0, 0.05) is 45.6 Å². The highest BCUT2D eigenvalue weighted by atomic mass is 16.3. The van der Waals surface area contributed by atoms with E-state index in [9.17, 15) is 0 Å². The predicted octanol–water partition coefficient (Wildman–Crippen LogP) is 6.82. The largest absolute Gasteiger partial charge is 0.462 e. The molecule has 0 aliphatic rings. The number of hydrogen-bond donors (Lipinski definition) is 0. The maximum Gasteiger partial charge on any atom is 0.161 e. The first-order valence-electron chi connectivity index (χ1n) is 9.77. The highest BCUT2D eigenvalue weighted by molar-refractivity contribution is 6.33. The highest BCUT2D eigenvalue weighted by Crippen LogP contribution is 2.45. The van der Waals surface area contributed by atoms with Crippen molar-refractivity contribution in [2.45, 2.75) is 0 Å². The molecule has 5 heterocycles. The molecule has 0 atom stereocenters. The molecule has 136 valence electrons. The van der Waals surface area contributed by atoms with E-state index in [2.05, 4.69) is 64.5 Å². The monoisotopic (exact) mass is 374 g/mol. The molecule has 0 spiro atoms. The summed E-state index contributed by atoms with van der Waals surface area (Å²) in [5.74, 6) is 0. The topological polar surface area (TPSA) is 35.6 Å². The molecule has 4 nitrogen and oxygen atoms in total. The third-order valence-electron chi connectivity index (χ3n) is 6.56. The molecule has 0 N–H and O–H groups in total. The van der Waals surface area contributed by atoms with E-state index in [1.54, 1.807) is 6.26 Å². The van der Waals surface area contributed by atoms with Crippen LogP contribution in [0, 0.1) is 0 Å². The fourth-order valence-corrected chi connectivity index (χ4v) is 5.39. The third kappa shape index (κ3) is 1.38. The van der Waals surface area contributed by atoms with Crippen LogP contribution in [0.15, 0.2) is 75.8 Å². The van der Waals surface area contributed by atoms with Crippen molar-refractivity contribution in [3.8, 4) is 0 Å². The molecule has 8 aromatic rings. The second-order valence-electron chi connectivity index (χ2n) is 7.86. The zero-order chi connectivity index (χ0) is 18.9. The van der Waals surface area contributed by atoms with Gasteiger partial charge in [0.15, 0.2) is 11.2 Å². The third-order valence-corrected chi connectivity index (χ3v) is 6.56. The first-order valence-corrected chi connectivity index (χ1v) is 9.77. The summed E-state index contributed by atoms with van der Waals surface area (Å²) in [4.78, 5) is 0. The van der Waals surface area contributed by atoms with Crippen LogP contribution in [-0.4, -0.2) is 8.97 Å². The smallest absolute Gasteiger partial charge is 0.161 e. The van der Waals surface area contributed by atoms with E-state index >= 15 is 0 Å². The van der Waals surface area contributed by atoms with Gasteiger partial charge < -0.3 is 17.8 Å². The molecule has 0 fully saturated rings. The molecule has 0 saturated carbocycles. The quantitative estimate of drug-likeness (QED) is 0.292. The van der Waals surface area contributed by atoms with Crippen molar-refractivity contribution in [1.29, 1.82) is 0 Å². The van der Waals surface area contributed by atoms with Gasteiger partial charge in [-0.2, -0.15) is 0 Å². The Hall–Kier alpha value is -3.92. The number of aromatic nitrogens is 2. The van der Waals surface area contributed by atoms with Crippen LogP contribution in [0.2, 0.25) is 0 Å². The normalized spacial score (nSPS) is 13.0. The molecule has 0 aliphatic carbocycles. The van der Waals surface area contributed by atoms with E-state index < -0.39 is 0 Å². The van der Waals surface area contributed by atoms with Gasteiger partial charge in [-0.25, -0.2) is 0 Å². The van der Waals surface area contributed by atoms with E-state index in [1.165, 1.54) is 27.3 Å². The summed E-state index contributed by atoms with van der Waals surface area (Å²) in [5, 5.41) is 5.91. The van der Waals surface area contributed by atoms with E-state index in [1.807, 2.05) is 12.1 Å². The van der Waals surface area contributed by atoms with Crippen LogP contribution in [0.5, 0.6) is 0 Å². The SMILES string of the molecule is Cn1c2cccc3c4occc4n4c5c6ccccc6oc5c5ccc1c(c32)c54. The molecule has 0 unspecified atom stereocenters. The summed E-state index contributed by atoms with van der Waals surface area (Å²) in [7, 11) is 2.14. The van der Waals surface area contributed by atoms with Crippen LogP contribution in [-0.2, 0) is 7.05 Å². The van der Waals surface area contributed by atoms with E-state index in [0.29, 0.717) is 0 Å². The fourth-order valence-electron chi connectivity index (χ4n) is 5.39. The van der Waals surface area contributed by atoms with Gasteiger partial charge >= 0.3 is 0 Å². The molecular formula is C25H14N2O2. The average Bonchev–Trinajstić information content (AvgIpc) is 3.48. The van der Waals surface area contributed by atoms with Gasteiger partial charge in [0.2, 0.25) is 0 Å². The van der Waals surface area contributed by atoms with Crippen molar-refractivity contribution >= 4 is 71.3 Å². The molecule has 4 heteroatoms. The van der Waals surface area contributed by atoms with Gasteiger partial charge in [-0.3, -0.25) is 0 Å². The van der Waals surface area contributed by atoms with Crippen LogP contribution < -0.4 is 0 Å². The Morgan fingerprint density at radius 2 is 1.52 bits per heavy atom. The van der Waals surface area contributed by atoms with Gasteiger partial charge in [0.25, 0.3) is 0 Å². The Morgan fingerprint density at radius 3 is 2.48 bits per heavy atom. The van der Waals surface area contributed by atoms with Crippen LogP contribution in [0.1, 0.15) is 0 Å². The molecular weight excluding hydrogens is 360 g/mol. The lowest BCUT2D eigenvalue weighted by Gasteiger charge is -2.01. The van der Waals surface area contributed by atoms with Crippen molar-refractivity contribution in [3.05, 3.63) is 66.9 Å². The zero-order valence-corrected chi connectivity index (χ0v) is 15.6. The van der Waals surface area contributed by atoms with E-state index in [4.69, 9.17) is 8.83 Å². The Labute approximate surface area is 163 Å². The van der Waals surface area contributed by atoms with Gasteiger partial charge in [0.05, 0.1) is 22.8 Å². The lowest BCUT2D eigenvalue weighted by atomic mass is 10.1. The number of hydrogen-bond acceptors (Lipinski definition) is 2. The summed E-state index contributed by atoms with van der Waals surface area (Å²) >= 11 is 0. The van der Waals surface area contributed by atoms with Gasteiger partial charge in [-0.1, -0.05) is 24.3 Å². The fraction of sp³-hybridized carbons (Fsp3) is 0.0400. The number of fused-ring (bicyclic) bond motifs is 8. The summed E-state index contributed by atoms with van der Waals surface area (Å²) in [6.07, 6.45) is 1.79. The Morgan fingerprint density at radius 1 is 0.655 bits per heavy atom. The standard InChI is InChI=1S/C25H14N2O2/c1-26-16-7-4-6-14-20(16)21-17(26)10-9-15-22(21)27(18-11-12-28-24(14)18)23-13-5-2-3-8-19(13)29-25(15)23/h2-12H,1H3. The molecule has 3 aromatic carbocycles. The Bertz CT molecular complexity index is 1920. The number of furan rings is 2. The van der Waals surface area contributed by atoms with Crippen LogP contribution in [0.4, 0.5) is 0 Å². The number of nitrogens with zero attached hydrogens (tertiary/aromatic N) is 2. The molecule has 29 heavy (non-hydrogen) atoms. The molecule has 0 aliphatic heterocycles. The minimum atomic E-state index is 0.906. The predicted molar refractivity (Wildman–Crippen MR) is 117 cm³/mol. The van der Waals surface area contributed by atoms with Gasteiger partial charge in [-0.15, -0.1) is 0 Å². The lowest BCUT2D eigenvalue weighted by molar-refractivity contribution is 0.619. The van der Waals surface area contributed by atoms with Crippen molar-refractivity contribution in [2.75, 3.05) is 0 Å². The summed E-state index contributed by atoms with van der Waals surface area (Å²) in [5.41, 5.74) is 8.55. The van der Waals surface area contributed by atoms with Crippen LogP contribution >= 0.6 is 0 Å². The zero-order valence-electron chi connectivity index (χ0n) is 15.6. The van der Waals surface area contributed by atoms with Crippen molar-refractivity contribution in [3.63, 3.8) is 0 Å². The first-order chi connectivity index (χ1) is 14.3. The van der Waals surface area contributed by atoms with Crippen molar-refractivity contribution < 1.29 is 8.83 Å². The molecule has 5 aromatic heterocycles. The average molecular weight is 374 g/mol. The summed E-state index contributed by atoms with van der Waals surface area (Å²) in [6.45, 7) is 0. The van der Waals surface area contributed by atoms with Crippen LogP contribution in [0.25, 0.3) is 71.3 Å². The Kier molecular flexibility index (Phi) is 2.14. The number of benzene rings is 3. The van der Waals surface area contributed by atoms with E-state index in [0.717, 1.165) is 43.9 Å². The lowest BCUT2D eigenvalue weighted by Crippen LogP contribution is -1.87. The highest BCUT2D eigenvalue weighted by Gasteiger charge is 2.24. The molecule has 0 saturated heterocycles. The minimum absolute atomic E-state index is 0.906. The van der Waals surface area contributed by atoms with Crippen molar-refractivity contribution in [2.24, 2.45) is 7.05 Å². The number of rotatable bonds is 0. The second-order valence-corrected chi connectivity index (χ2v) is 7.86. The maximum atomic E-state index is 6.37. The Balaban J connectivity index is 1.92. The van der Waals surface area contributed by atoms with E-state index in [-0.39, 0.29) is 0 Å². The van der Waals surface area contributed by atoms with Crippen molar-refractivity contribution in [1.82, 2.24) is 8.97 Å². The number of para-hydroxylation sites is 1. The second kappa shape index (κ2) is 4.39. The molecule has 8 rings (SSSR count). The summed E-state index contributed by atoms with van der Waals surface area (Å²) < 4.78 is 17.1. The number of aryl methyl sites for hydroxylation is 1.